The summed E-state index contributed by atoms with van der Waals surface area (Å²) in [6, 6.07) is 26.4. The van der Waals surface area contributed by atoms with E-state index in [1.807, 2.05) is 60.3 Å². The second-order valence-corrected chi connectivity index (χ2v) is 12.6. The predicted octanol–water partition coefficient (Wildman–Crippen LogP) is 8.01. The average Bonchev–Trinajstić information content (AvgIpc) is 3.80. The summed E-state index contributed by atoms with van der Waals surface area (Å²) < 4.78 is 0. The molecule has 1 aliphatic rings. The molecule has 2 atom stereocenters. The van der Waals surface area contributed by atoms with Gasteiger partial charge in [-0.2, -0.15) is 11.8 Å². The van der Waals surface area contributed by atoms with Gasteiger partial charge in [0, 0.05) is 23.3 Å². The van der Waals surface area contributed by atoms with E-state index in [1.54, 1.807) is 6.92 Å². The zero-order valence-corrected chi connectivity index (χ0v) is 25.6. The fraction of sp³-hybridized carbons (Fsp3) is 0.314. The molecule has 0 spiro atoms. The lowest BCUT2D eigenvalue weighted by molar-refractivity contribution is -0.134. The minimum atomic E-state index is -1.29. The Morgan fingerprint density at radius 3 is 2.55 bits per heavy atom. The van der Waals surface area contributed by atoms with Crippen LogP contribution in [-0.4, -0.2) is 44.4 Å². The zero-order chi connectivity index (χ0) is 30.1. The molecule has 5 rings (SSSR count). The van der Waals surface area contributed by atoms with Crippen molar-refractivity contribution in [1.29, 1.82) is 0 Å². The number of hydrogen-bond donors (Lipinski definition) is 3. The van der Waals surface area contributed by atoms with E-state index in [4.69, 9.17) is 26.5 Å². The molecule has 1 aromatic heterocycles. The van der Waals surface area contributed by atoms with E-state index in [0.29, 0.717) is 5.02 Å². The number of aliphatic hydroxyl groups excluding tert-OH is 1. The van der Waals surface area contributed by atoms with Crippen molar-refractivity contribution in [2.24, 2.45) is 5.92 Å². The van der Waals surface area contributed by atoms with Gasteiger partial charge in [-0.1, -0.05) is 78.3 Å². The number of halogens is 1. The van der Waals surface area contributed by atoms with Gasteiger partial charge in [0.15, 0.2) is 0 Å². The number of benzene rings is 3. The Balaban J connectivity index is 0.000000952. The smallest absolute Gasteiger partial charge is 0.300 e. The second kappa shape index (κ2) is 14.8. The topological polar surface area (TPSA) is 90.7 Å². The largest absolute Gasteiger partial charge is 0.481 e. The van der Waals surface area contributed by atoms with Crippen LogP contribution >= 0.6 is 23.4 Å². The van der Waals surface area contributed by atoms with Gasteiger partial charge < -0.3 is 15.3 Å². The van der Waals surface area contributed by atoms with Crippen molar-refractivity contribution in [2.45, 2.75) is 44.6 Å². The highest BCUT2D eigenvalue weighted by Crippen LogP contribution is 2.38. The van der Waals surface area contributed by atoms with Crippen molar-refractivity contribution in [3.63, 3.8) is 0 Å². The van der Waals surface area contributed by atoms with Crippen molar-refractivity contribution in [3.05, 3.63) is 112 Å². The number of hydrogen-bond acceptors (Lipinski definition) is 5. The van der Waals surface area contributed by atoms with Crippen LogP contribution in [0, 0.1) is 5.92 Å². The maximum Gasteiger partial charge on any atom is 0.300 e. The van der Waals surface area contributed by atoms with Gasteiger partial charge >= 0.3 is 0 Å². The maximum absolute atomic E-state index is 11.0. The molecule has 3 aromatic carbocycles. The third-order valence-electron chi connectivity index (χ3n) is 7.26. The Kier molecular flexibility index (Phi) is 11.2. The number of pyridine rings is 1. The van der Waals surface area contributed by atoms with Gasteiger partial charge in [0.25, 0.3) is 5.97 Å². The summed E-state index contributed by atoms with van der Waals surface area (Å²) in [6.07, 6.45) is 7.83. The SMILES string of the molecule is CC(=O)O.CC(O)(CO)c1ccccc1C(CCSCC1CC1)c1cccc(C=Cc2ccc3ccc(Cl)cc3n2)c1. The Morgan fingerprint density at radius 2 is 1.81 bits per heavy atom. The van der Waals surface area contributed by atoms with Crippen LogP contribution in [0.4, 0.5) is 0 Å². The van der Waals surface area contributed by atoms with Gasteiger partial charge in [0.2, 0.25) is 0 Å². The minimum Gasteiger partial charge on any atom is -0.481 e. The van der Waals surface area contributed by atoms with Gasteiger partial charge in [0.1, 0.15) is 5.60 Å². The van der Waals surface area contributed by atoms with Crippen LogP contribution in [0.25, 0.3) is 23.1 Å². The number of nitrogens with zero attached hydrogens (tertiary/aromatic N) is 1. The molecule has 7 heteroatoms. The molecule has 0 bridgehead atoms. The highest BCUT2D eigenvalue weighted by Gasteiger charge is 2.29. The summed E-state index contributed by atoms with van der Waals surface area (Å²) in [5.41, 5.74) is 4.63. The molecule has 3 N–H and O–H groups in total. The van der Waals surface area contributed by atoms with E-state index >= 15 is 0 Å². The first-order valence-corrected chi connectivity index (χ1v) is 15.7. The average molecular weight is 604 g/mol. The van der Waals surface area contributed by atoms with Crippen LogP contribution in [0.2, 0.25) is 5.02 Å². The number of carboxylic acid groups (broad SMARTS) is 1. The minimum absolute atomic E-state index is 0.116. The van der Waals surface area contributed by atoms with Gasteiger partial charge in [-0.15, -0.1) is 0 Å². The molecule has 0 aliphatic heterocycles. The summed E-state index contributed by atoms with van der Waals surface area (Å²) >= 11 is 8.20. The predicted molar refractivity (Wildman–Crippen MR) is 175 cm³/mol. The van der Waals surface area contributed by atoms with Crippen LogP contribution in [0.15, 0.2) is 78.9 Å². The molecular weight excluding hydrogens is 566 g/mol. The quantitative estimate of drug-likeness (QED) is 0.150. The first-order chi connectivity index (χ1) is 20.2. The van der Waals surface area contributed by atoms with E-state index in [0.717, 1.165) is 58.3 Å². The highest BCUT2D eigenvalue weighted by molar-refractivity contribution is 7.99. The van der Waals surface area contributed by atoms with Gasteiger partial charge in [-0.25, -0.2) is 4.98 Å². The molecule has 42 heavy (non-hydrogen) atoms. The van der Waals surface area contributed by atoms with Crippen LogP contribution in [0.5, 0.6) is 0 Å². The molecule has 220 valence electrons. The molecule has 1 heterocycles. The van der Waals surface area contributed by atoms with Crippen molar-refractivity contribution in [1.82, 2.24) is 4.98 Å². The number of rotatable bonds is 11. The molecular formula is C35H38ClNO4S. The number of aromatic nitrogens is 1. The summed E-state index contributed by atoms with van der Waals surface area (Å²) in [4.78, 5) is 13.7. The lowest BCUT2D eigenvalue weighted by atomic mass is 9.81. The molecule has 0 amide bonds. The number of carboxylic acids is 1. The van der Waals surface area contributed by atoms with Gasteiger partial charge in [-0.05, 0) is 90.1 Å². The number of fused-ring (bicyclic) bond motifs is 1. The van der Waals surface area contributed by atoms with Crippen LogP contribution in [0.1, 0.15) is 67.0 Å². The van der Waals surface area contributed by atoms with E-state index in [1.165, 1.54) is 24.2 Å². The Bertz CT molecular complexity index is 1530. The van der Waals surface area contributed by atoms with Crippen molar-refractivity contribution >= 4 is 52.4 Å². The monoisotopic (exact) mass is 603 g/mol. The molecule has 1 aliphatic carbocycles. The highest BCUT2D eigenvalue weighted by atomic mass is 35.5. The van der Waals surface area contributed by atoms with Crippen molar-refractivity contribution in [2.75, 3.05) is 18.1 Å². The lowest BCUT2D eigenvalue weighted by Crippen LogP contribution is -2.28. The Labute approximate surface area is 257 Å². The van der Waals surface area contributed by atoms with Gasteiger partial charge in [0.05, 0.1) is 17.8 Å². The standard InChI is InChI=1S/C33H34ClNO2S.C2H4O2/c1-33(37,22-36)31-8-3-2-7-30(31)29(17-18-38-21-24-9-10-24)26-6-4-5-23(19-26)11-15-28-16-13-25-12-14-27(34)20-32(25)35-28;1-2(3)4/h2-8,11-16,19-20,24,29,36-37H,9-10,17-18,21-22H2,1H3;1H3,(H,3,4). The van der Waals surface area contributed by atoms with Crippen molar-refractivity contribution in [3.8, 4) is 0 Å². The molecule has 5 nitrogen and oxygen atoms in total. The molecule has 1 fully saturated rings. The first kappa shape index (κ1) is 31.8. The number of thioether (sulfide) groups is 1. The fourth-order valence-electron chi connectivity index (χ4n) is 4.87. The van der Waals surface area contributed by atoms with Gasteiger partial charge in [-0.3, -0.25) is 4.79 Å². The van der Waals surface area contributed by atoms with E-state index in [9.17, 15) is 10.2 Å². The lowest BCUT2D eigenvalue weighted by Gasteiger charge is -2.28. The van der Waals surface area contributed by atoms with E-state index in [2.05, 4.69) is 42.5 Å². The number of aliphatic hydroxyl groups is 2. The summed E-state index contributed by atoms with van der Waals surface area (Å²) in [6.45, 7) is 2.45. The van der Waals surface area contributed by atoms with Crippen molar-refractivity contribution < 1.29 is 20.1 Å². The first-order valence-electron chi connectivity index (χ1n) is 14.2. The molecule has 2 unspecified atom stereocenters. The summed E-state index contributed by atoms with van der Waals surface area (Å²) in [5, 5.41) is 30.1. The van der Waals surface area contributed by atoms with Crippen LogP contribution in [0.3, 0.4) is 0 Å². The Morgan fingerprint density at radius 1 is 1.07 bits per heavy atom. The fourth-order valence-corrected chi connectivity index (χ4v) is 6.28. The molecule has 0 radical (unpaired) electrons. The van der Waals surface area contributed by atoms with E-state index < -0.39 is 11.6 Å². The third-order valence-corrected chi connectivity index (χ3v) is 8.73. The third kappa shape index (κ3) is 9.17. The van der Waals surface area contributed by atoms with Crippen LogP contribution < -0.4 is 0 Å². The zero-order valence-electron chi connectivity index (χ0n) is 24.0. The second-order valence-electron chi connectivity index (χ2n) is 11.0. The van der Waals surface area contributed by atoms with E-state index in [-0.39, 0.29) is 12.5 Å². The molecule has 0 saturated heterocycles. The summed E-state index contributed by atoms with van der Waals surface area (Å²) in [7, 11) is 0. The number of aliphatic carboxylic acids is 1. The summed E-state index contributed by atoms with van der Waals surface area (Å²) in [5.74, 6) is 2.47. The maximum atomic E-state index is 11.0. The molecule has 4 aromatic rings. The number of carbonyl (C=O) groups is 1. The Hall–Kier alpha value is -3.16. The normalized spacial score (nSPS) is 15.2. The van der Waals surface area contributed by atoms with Crippen LogP contribution in [-0.2, 0) is 10.4 Å². The molecule has 1 saturated carbocycles.